The minimum absolute atomic E-state index is 0.849. The third-order valence-electron chi connectivity index (χ3n) is 3.27. The number of hydrogen-bond donors (Lipinski definition) is 0. The predicted octanol–water partition coefficient (Wildman–Crippen LogP) is 3.74. The molecule has 0 aliphatic carbocycles. The van der Waals surface area contributed by atoms with E-state index in [1.54, 1.807) is 0 Å². The second kappa shape index (κ2) is 4.73. The second-order valence-corrected chi connectivity index (χ2v) is 4.71. The second-order valence-electron chi connectivity index (χ2n) is 4.71. The van der Waals surface area contributed by atoms with Gasteiger partial charge in [-0.1, -0.05) is 42.0 Å². The maximum Gasteiger partial charge on any atom is 0.373 e. The quantitative estimate of drug-likeness (QED) is 0.633. The molecule has 0 atom stereocenters. The van der Waals surface area contributed by atoms with Crippen molar-refractivity contribution in [1.29, 1.82) is 0 Å². The Morgan fingerprint density at radius 1 is 0.947 bits per heavy atom. The third kappa shape index (κ3) is 2.29. The van der Waals surface area contributed by atoms with E-state index in [2.05, 4.69) is 47.9 Å². The number of aryl methyl sites for hydroxylation is 2. The van der Waals surface area contributed by atoms with Gasteiger partial charge in [-0.25, -0.2) is 0 Å². The first-order valence-electron chi connectivity index (χ1n) is 6.36. The molecule has 0 unspecified atom stereocenters. The fraction of sp³-hybridized carbons (Fsp3) is 0.118. The fourth-order valence-electron chi connectivity index (χ4n) is 2.11. The molecule has 0 aliphatic rings. The van der Waals surface area contributed by atoms with Crippen LogP contribution in [-0.2, 0) is 7.05 Å². The van der Waals surface area contributed by atoms with Gasteiger partial charge in [0.15, 0.2) is 0 Å². The van der Waals surface area contributed by atoms with Crippen LogP contribution in [-0.4, -0.2) is 0 Å². The van der Waals surface area contributed by atoms with Gasteiger partial charge in [-0.15, -0.1) is 0 Å². The Morgan fingerprint density at radius 3 is 2.42 bits per heavy atom. The summed E-state index contributed by atoms with van der Waals surface area (Å²) in [5, 5.41) is 0. The van der Waals surface area contributed by atoms with Crippen LogP contribution in [0.3, 0.4) is 0 Å². The molecule has 3 rings (SSSR count). The smallest absolute Gasteiger partial charge is 0.373 e. The molecule has 1 aromatic heterocycles. The molecule has 3 aromatic rings. The van der Waals surface area contributed by atoms with E-state index >= 15 is 0 Å². The number of aromatic nitrogens is 1. The van der Waals surface area contributed by atoms with Gasteiger partial charge in [0.1, 0.15) is 7.05 Å². The van der Waals surface area contributed by atoms with Crippen LogP contribution in [0.2, 0.25) is 0 Å². The number of para-hydroxylation sites is 2. The van der Waals surface area contributed by atoms with Crippen LogP contribution >= 0.6 is 0 Å². The van der Waals surface area contributed by atoms with Gasteiger partial charge in [0.2, 0.25) is 5.58 Å². The zero-order valence-corrected chi connectivity index (χ0v) is 11.1. The van der Waals surface area contributed by atoms with Gasteiger partial charge >= 0.3 is 5.89 Å². The Bertz CT molecular complexity index is 736. The molecule has 94 valence electrons. The van der Waals surface area contributed by atoms with Gasteiger partial charge in [-0.2, -0.15) is 4.57 Å². The van der Waals surface area contributed by atoms with Crippen LogP contribution in [0.15, 0.2) is 52.9 Å². The molecule has 0 radical (unpaired) electrons. The lowest BCUT2D eigenvalue weighted by molar-refractivity contribution is -0.651. The zero-order valence-electron chi connectivity index (χ0n) is 11.1. The maximum atomic E-state index is 5.82. The Morgan fingerprint density at radius 2 is 1.68 bits per heavy atom. The molecule has 0 spiro atoms. The zero-order chi connectivity index (χ0) is 13.2. The van der Waals surface area contributed by atoms with Gasteiger partial charge in [0.05, 0.1) is 6.08 Å². The number of nitrogens with zero attached hydrogens (tertiary/aromatic N) is 1. The van der Waals surface area contributed by atoms with E-state index in [0.717, 1.165) is 17.0 Å². The van der Waals surface area contributed by atoms with E-state index in [1.165, 1.54) is 11.1 Å². The first kappa shape index (κ1) is 11.7. The number of hydrogen-bond acceptors (Lipinski definition) is 1. The highest BCUT2D eigenvalue weighted by atomic mass is 16.3. The number of oxazole rings is 1. The van der Waals surface area contributed by atoms with E-state index in [4.69, 9.17) is 4.42 Å². The summed E-state index contributed by atoms with van der Waals surface area (Å²) >= 11 is 0. The van der Waals surface area contributed by atoms with E-state index in [0.29, 0.717) is 0 Å². The lowest BCUT2D eigenvalue weighted by Crippen LogP contribution is -2.29. The first-order valence-corrected chi connectivity index (χ1v) is 6.36. The summed E-state index contributed by atoms with van der Waals surface area (Å²) in [5.41, 5.74) is 4.46. The van der Waals surface area contributed by atoms with E-state index in [-0.39, 0.29) is 0 Å². The molecule has 0 bridgehead atoms. The average molecular weight is 250 g/mol. The average Bonchev–Trinajstić information content (AvgIpc) is 2.76. The van der Waals surface area contributed by atoms with Gasteiger partial charge in [-0.05, 0) is 24.6 Å². The Hall–Kier alpha value is -2.35. The van der Waals surface area contributed by atoms with Gasteiger partial charge in [0.25, 0.3) is 5.52 Å². The molecule has 0 aliphatic heterocycles. The normalized spacial score (nSPS) is 11.5. The van der Waals surface area contributed by atoms with E-state index < -0.39 is 0 Å². The van der Waals surface area contributed by atoms with Gasteiger partial charge in [-0.3, -0.25) is 0 Å². The minimum Gasteiger partial charge on any atom is -0.398 e. The highest BCUT2D eigenvalue weighted by Gasteiger charge is 2.15. The van der Waals surface area contributed by atoms with Crippen LogP contribution in [0, 0.1) is 6.92 Å². The summed E-state index contributed by atoms with van der Waals surface area (Å²) in [6.45, 7) is 2.09. The van der Waals surface area contributed by atoms with Crippen molar-refractivity contribution in [3.63, 3.8) is 0 Å². The molecule has 2 heteroatoms. The fourth-order valence-corrected chi connectivity index (χ4v) is 2.11. The number of rotatable bonds is 2. The summed E-state index contributed by atoms with van der Waals surface area (Å²) in [5.74, 6) is 0.849. The van der Waals surface area contributed by atoms with Crippen molar-refractivity contribution in [2.24, 2.45) is 7.05 Å². The summed E-state index contributed by atoms with van der Waals surface area (Å²) in [7, 11) is 2.01. The predicted molar refractivity (Wildman–Crippen MR) is 77.5 cm³/mol. The molecule has 0 saturated carbocycles. The maximum absolute atomic E-state index is 5.82. The molecule has 0 amide bonds. The lowest BCUT2D eigenvalue weighted by atomic mass is 10.1. The third-order valence-corrected chi connectivity index (χ3v) is 3.27. The monoisotopic (exact) mass is 250 g/mol. The van der Waals surface area contributed by atoms with Crippen molar-refractivity contribution in [3.05, 3.63) is 65.5 Å². The number of benzene rings is 2. The summed E-state index contributed by atoms with van der Waals surface area (Å²) < 4.78 is 7.88. The Labute approximate surface area is 112 Å². The Balaban J connectivity index is 1.97. The van der Waals surface area contributed by atoms with Crippen LogP contribution in [0.5, 0.6) is 0 Å². The standard InChI is InChI=1S/C17H16NO/c1-13-7-9-14(10-8-13)11-12-17-18(2)15-5-3-4-6-16(15)19-17/h3-12H,1-2H3/q+1/b12-11+. The van der Waals surface area contributed by atoms with Crippen molar-refractivity contribution < 1.29 is 8.98 Å². The van der Waals surface area contributed by atoms with E-state index in [1.807, 2.05) is 31.3 Å². The van der Waals surface area contributed by atoms with Crippen LogP contribution in [0.1, 0.15) is 17.0 Å². The van der Waals surface area contributed by atoms with Crippen molar-refractivity contribution in [1.82, 2.24) is 0 Å². The van der Waals surface area contributed by atoms with Crippen LogP contribution in [0.25, 0.3) is 23.3 Å². The molecular weight excluding hydrogens is 234 g/mol. The summed E-state index contributed by atoms with van der Waals surface area (Å²) in [6, 6.07) is 16.5. The van der Waals surface area contributed by atoms with E-state index in [9.17, 15) is 0 Å². The van der Waals surface area contributed by atoms with Crippen LogP contribution in [0.4, 0.5) is 0 Å². The van der Waals surface area contributed by atoms with Crippen molar-refractivity contribution in [2.45, 2.75) is 6.92 Å². The molecule has 1 heterocycles. The molecular formula is C17H16NO+. The summed E-state index contributed by atoms with van der Waals surface area (Å²) in [4.78, 5) is 0. The van der Waals surface area contributed by atoms with Crippen molar-refractivity contribution in [3.8, 4) is 0 Å². The first-order chi connectivity index (χ1) is 9.24. The van der Waals surface area contributed by atoms with Crippen molar-refractivity contribution in [2.75, 3.05) is 0 Å². The topological polar surface area (TPSA) is 17.0 Å². The lowest BCUT2D eigenvalue weighted by Gasteiger charge is -1.93. The number of fused-ring (bicyclic) bond motifs is 1. The van der Waals surface area contributed by atoms with Gasteiger partial charge < -0.3 is 4.42 Å². The van der Waals surface area contributed by atoms with Crippen molar-refractivity contribution >= 4 is 23.3 Å². The minimum atomic E-state index is 0.849. The van der Waals surface area contributed by atoms with Gasteiger partial charge in [0, 0.05) is 6.07 Å². The highest BCUT2D eigenvalue weighted by molar-refractivity contribution is 5.72. The largest absolute Gasteiger partial charge is 0.398 e. The molecule has 0 saturated heterocycles. The summed E-state index contributed by atoms with van der Waals surface area (Å²) in [6.07, 6.45) is 4.07. The molecule has 0 N–H and O–H groups in total. The highest BCUT2D eigenvalue weighted by Crippen LogP contribution is 2.14. The van der Waals surface area contributed by atoms with Crippen LogP contribution < -0.4 is 4.57 Å². The Kier molecular flexibility index (Phi) is 2.92. The molecule has 2 aromatic carbocycles. The SMILES string of the molecule is Cc1ccc(/C=C/c2oc3ccccc3[n+]2C)cc1. The molecule has 19 heavy (non-hydrogen) atoms. The molecule has 0 fully saturated rings. The molecule has 2 nitrogen and oxygen atoms in total.